The van der Waals surface area contributed by atoms with E-state index in [1.54, 1.807) is 26.2 Å². The number of nitrogens with zero attached hydrogens (tertiary/aromatic N) is 2. The Morgan fingerprint density at radius 2 is 1.96 bits per heavy atom. The molecule has 0 aromatic heterocycles. The summed E-state index contributed by atoms with van der Waals surface area (Å²) >= 11 is 0. The van der Waals surface area contributed by atoms with Crippen molar-refractivity contribution in [3.05, 3.63) is 59.7 Å². The third-order valence-corrected chi connectivity index (χ3v) is 4.31. The van der Waals surface area contributed by atoms with E-state index >= 15 is 0 Å². The molecule has 1 atom stereocenters. The maximum atomic E-state index is 12.0. The molecule has 2 rings (SSSR count). The van der Waals surface area contributed by atoms with Crippen LogP contribution in [0.3, 0.4) is 0 Å². The highest BCUT2D eigenvalue weighted by Gasteiger charge is 2.11. The number of nitrogens with two attached hydrogens (primary N) is 2. The van der Waals surface area contributed by atoms with E-state index in [-0.39, 0.29) is 5.84 Å². The lowest BCUT2D eigenvalue weighted by molar-refractivity contribution is 0.371. The average molecular weight is 346 g/mol. The van der Waals surface area contributed by atoms with Crippen molar-refractivity contribution >= 4 is 22.5 Å². The first kappa shape index (κ1) is 17.9. The first-order chi connectivity index (χ1) is 11.5. The number of hydrogen-bond donors (Lipinski definition) is 4. The van der Waals surface area contributed by atoms with Crippen LogP contribution in [0.5, 0.6) is 0 Å². The summed E-state index contributed by atoms with van der Waals surface area (Å²) in [4.78, 5) is 0.607. The molecule has 0 saturated heterocycles. The molecule has 128 valence electrons. The van der Waals surface area contributed by atoms with Crippen LogP contribution in [0.1, 0.15) is 11.1 Å². The summed E-state index contributed by atoms with van der Waals surface area (Å²) in [5.74, 6) is 5.78. The second-order valence-electron chi connectivity index (χ2n) is 5.08. The van der Waals surface area contributed by atoms with Gasteiger partial charge in [0.2, 0.25) is 0 Å². The van der Waals surface area contributed by atoms with Gasteiger partial charge in [0.05, 0.1) is 4.90 Å². The summed E-state index contributed by atoms with van der Waals surface area (Å²) in [5, 5.41) is 8.50. The number of amidine groups is 1. The number of hydrazone groups is 1. The minimum Gasteiger partial charge on any atom is -0.382 e. The molecule has 6 N–H and O–H groups in total. The third kappa shape index (κ3) is 4.79. The zero-order chi connectivity index (χ0) is 17.5. The molecule has 24 heavy (non-hydrogen) atoms. The van der Waals surface area contributed by atoms with Gasteiger partial charge < -0.3 is 11.1 Å². The Morgan fingerprint density at radius 1 is 1.25 bits per heavy atom. The van der Waals surface area contributed by atoms with Crippen LogP contribution in [0.25, 0.3) is 0 Å². The highest BCUT2D eigenvalue weighted by atomic mass is 32.2. The second-order valence-corrected chi connectivity index (χ2v) is 6.50. The highest BCUT2D eigenvalue weighted by molar-refractivity contribution is 7.83. The number of hydrogen-bond acceptors (Lipinski definition) is 5. The maximum Gasteiger partial charge on any atom is 0.154 e. The van der Waals surface area contributed by atoms with Crippen molar-refractivity contribution in [2.75, 3.05) is 19.4 Å². The standard InChI is InChI=1S/C16H22N6OS/c1-19-24(23)13-8-9-15(14(10-13)16(17)21-22(2)18)20-11-12-6-4-3-5-7-12/h3-10,19-20H,11,18H2,1-2H3,(H2,17,21). The monoisotopic (exact) mass is 346 g/mol. The first-order valence-electron chi connectivity index (χ1n) is 7.35. The molecule has 0 aliphatic rings. The Hall–Kier alpha value is -2.42. The Balaban J connectivity index is 2.33. The van der Waals surface area contributed by atoms with Crippen molar-refractivity contribution < 1.29 is 4.21 Å². The van der Waals surface area contributed by atoms with Gasteiger partial charge in [0.1, 0.15) is 11.0 Å². The quantitative estimate of drug-likeness (QED) is 0.258. The first-order valence-corrected chi connectivity index (χ1v) is 8.50. The maximum absolute atomic E-state index is 12.0. The fourth-order valence-electron chi connectivity index (χ4n) is 2.14. The van der Waals surface area contributed by atoms with Crippen LogP contribution in [-0.4, -0.2) is 29.3 Å². The van der Waals surface area contributed by atoms with E-state index in [4.69, 9.17) is 11.6 Å². The van der Waals surface area contributed by atoms with Gasteiger partial charge in [0.25, 0.3) is 0 Å². The Kier molecular flexibility index (Phi) is 6.30. The number of rotatable bonds is 7. The molecule has 0 spiro atoms. The molecule has 0 fully saturated rings. The summed E-state index contributed by atoms with van der Waals surface area (Å²) in [7, 11) is 1.90. The van der Waals surface area contributed by atoms with Crippen molar-refractivity contribution in [2.45, 2.75) is 11.4 Å². The molecule has 1 unspecified atom stereocenters. The Labute approximate surface area is 144 Å². The molecule has 0 bridgehead atoms. The number of anilines is 1. The van der Waals surface area contributed by atoms with Crippen LogP contribution >= 0.6 is 0 Å². The normalized spacial score (nSPS) is 12.7. The van der Waals surface area contributed by atoms with E-state index in [0.717, 1.165) is 16.4 Å². The predicted octanol–water partition coefficient (Wildman–Crippen LogP) is 0.967. The van der Waals surface area contributed by atoms with Crippen LogP contribution in [0, 0.1) is 0 Å². The molecule has 0 aliphatic carbocycles. The van der Waals surface area contributed by atoms with Crippen molar-refractivity contribution in [3.8, 4) is 0 Å². The predicted molar refractivity (Wildman–Crippen MR) is 98.4 cm³/mol. The van der Waals surface area contributed by atoms with Crippen molar-refractivity contribution in [2.24, 2.45) is 16.7 Å². The smallest absolute Gasteiger partial charge is 0.154 e. The van der Waals surface area contributed by atoms with E-state index in [2.05, 4.69) is 15.1 Å². The molecular formula is C16H22N6OS. The number of hydrazine groups is 1. The van der Waals surface area contributed by atoms with Gasteiger partial charge in [0.15, 0.2) is 5.84 Å². The van der Waals surface area contributed by atoms with Crippen LogP contribution < -0.4 is 21.6 Å². The fraction of sp³-hybridized carbons (Fsp3) is 0.188. The minimum atomic E-state index is -1.31. The van der Waals surface area contributed by atoms with Crippen molar-refractivity contribution in [3.63, 3.8) is 0 Å². The number of benzene rings is 2. The molecule has 0 heterocycles. The van der Waals surface area contributed by atoms with E-state index in [9.17, 15) is 4.21 Å². The lowest BCUT2D eigenvalue weighted by Gasteiger charge is -2.14. The van der Waals surface area contributed by atoms with Crippen molar-refractivity contribution in [1.29, 1.82) is 0 Å². The Bertz CT molecular complexity index is 733. The second kappa shape index (κ2) is 8.44. The molecule has 2 aromatic rings. The highest BCUT2D eigenvalue weighted by Crippen LogP contribution is 2.20. The SMILES string of the molecule is CNS(=O)c1ccc(NCc2ccccc2)c(/C(N)=N/N(C)N)c1. The van der Waals surface area contributed by atoms with Gasteiger partial charge in [-0.1, -0.05) is 30.3 Å². The van der Waals surface area contributed by atoms with E-state index in [1.165, 1.54) is 0 Å². The van der Waals surface area contributed by atoms with Gasteiger partial charge in [-0.15, -0.1) is 5.10 Å². The topological polar surface area (TPSA) is 109 Å². The lowest BCUT2D eigenvalue weighted by Crippen LogP contribution is -2.26. The molecule has 7 nitrogen and oxygen atoms in total. The van der Waals surface area contributed by atoms with Crippen LogP contribution in [0.4, 0.5) is 5.69 Å². The zero-order valence-corrected chi connectivity index (χ0v) is 14.5. The van der Waals surface area contributed by atoms with E-state index < -0.39 is 11.0 Å². The van der Waals surface area contributed by atoms with E-state index in [0.29, 0.717) is 17.0 Å². The van der Waals surface area contributed by atoms with Gasteiger partial charge in [-0.05, 0) is 30.8 Å². The van der Waals surface area contributed by atoms with Gasteiger partial charge in [-0.25, -0.2) is 19.9 Å². The van der Waals surface area contributed by atoms with Crippen molar-refractivity contribution in [1.82, 2.24) is 9.84 Å². The van der Waals surface area contributed by atoms with Gasteiger partial charge >= 0.3 is 0 Å². The molecule has 0 saturated carbocycles. The summed E-state index contributed by atoms with van der Waals surface area (Å²) in [6.45, 7) is 0.633. The summed E-state index contributed by atoms with van der Waals surface area (Å²) in [6.07, 6.45) is 0. The molecule has 0 radical (unpaired) electrons. The number of nitrogens with one attached hydrogen (secondary N) is 2. The largest absolute Gasteiger partial charge is 0.382 e. The molecule has 0 amide bonds. The van der Waals surface area contributed by atoms with E-state index in [1.807, 2.05) is 36.4 Å². The van der Waals surface area contributed by atoms with Crippen LogP contribution in [0.2, 0.25) is 0 Å². The molecular weight excluding hydrogens is 324 g/mol. The molecule has 0 aliphatic heterocycles. The third-order valence-electron chi connectivity index (χ3n) is 3.26. The van der Waals surface area contributed by atoms with Gasteiger partial charge in [0, 0.05) is 24.8 Å². The zero-order valence-electron chi connectivity index (χ0n) is 13.7. The molecule has 8 heteroatoms. The fourth-order valence-corrected chi connectivity index (χ4v) is 2.79. The van der Waals surface area contributed by atoms with Gasteiger partial charge in [-0.3, -0.25) is 0 Å². The molecule has 2 aromatic carbocycles. The lowest BCUT2D eigenvalue weighted by atomic mass is 10.1. The van der Waals surface area contributed by atoms with Crippen LogP contribution in [0.15, 0.2) is 58.5 Å². The average Bonchev–Trinajstić information content (AvgIpc) is 2.59. The summed E-state index contributed by atoms with van der Waals surface area (Å²) in [6, 6.07) is 15.3. The summed E-state index contributed by atoms with van der Waals surface area (Å²) in [5.41, 5.74) is 8.62. The van der Waals surface area contributed by atoms with Gasteiger partial charge in [-0.2, -0.15) is 0 Å². The minimum absolute atomic E-state index is 0.241. The van der Waals surface area contributed by atoms with Crippen LogP contribution in [-0.2, 0) is 17.5 Å². The summed E-state index contributed by atoms with van der Waals surface area (Å²) < 4.78 is 14.7. The Morgan fingerprint density at radius 3 is 2.58 bits per heavy atom.